The van der Waals surface area contributed by atoms with E-state index in [1.54, 1.807) is 0 Å². The number of aliphatic carboxylic acids is 1. The van der Waals surface area contributed by atoms with Gasteiger partial charge in [-0.2, -0.15) is 0 Å². The lowest BCUT2D eigenvalue weighted by molar-refractivity contribution is -0.141. The van der Waals surface area contributed by atoms with Gasteiger partial charge in [-0.25, -0.2) is 9.78 Å². The minimum atomic E-state index is -1.12. The van der Waals surface area contributed by atoms with Crippen LogP contribution in [0.3, 0.4) is 0 Å². The summed E-state index contributed by atoms with van der Waals surface area (Å²) in [6.07, 6.45) is 2.36. The molecule has 37 heavy (non-hydrogen) atoms. The maximum atomic E-state index is 13.8. The normalized spacial score (nSPS) is 14.1. The van der Waals surface area contributed by atoms with E-state index in [1.165, 1.54) is 35.3 Å². The number of aliphatic hydroxyl groups is 1. The summed E-state index contributed by atoms with van der Waals surface area (Å²) >= 11 is 1.26. The molecule has 0 radical (unpaired) electrons. The number of hydrogen-bond acceptors (Lipinski definition) is 8. The molecule has 196 valence electrons. The summed E-state index contributed by atoms with van der Waals surface area (Å²) in [6.45, 7) is 4.71. The van der Waals surface area contributed by atoms with Crippen molar-refractivity contribution in [3.63, 3.8) is 0 Å². The van der Waals surface area contributed by atoms with Crippen LogP contribution in [0.5, 0.6) is 0 Å². The van der Waals surface area contributed by atoms with Crippen LogP contribution in [0.2, 0.25) is 0 Å². The van der Waals surface area contributed by atoms with Gasteiger partial charge in [-0.15, -0.1) is 11.3 Å². The van der Waals surface area contributed by atoms with E-state index in [1.807, 2.05) is 44.2 Å². The molecule has 1 unspecified atom stereocenters. The molecule has 0 fully saturated rings. The molecular weight excluding hydrogens is 498 g/mol. The number of nitrogens with zero attached hydrogens (tertiary/aromatic N) is 3. The van der Waals surface area contributed by atoms with E-state index in [4.69, 9.17) is 9.15 Å². The van der Waals surface area contributed by atoms with Crippen molar-refractivity contribution in [1.29, 1.82) is 0 Å². The van der Waals surface area contributed by atoms with Crippen LogP contribution in [0.4, 0.5) is 0 Å². The number of oxazole rings is 1. The van der Waals surface area contributed by atoms with Gasteiger partial charge < -0.3 is 19.4 Å². The number of rotatable bonds is 11. The number of carboxylic acids is 1. The van der Waals surface area contributed by atoms with Crippen LogP contribution >= 0.6 is 11.3 Å². The molecule has 0 aliphatic rings. The second kappa shape index (κ2) is 11.2. The van der Waals surface area contributed by atoms with Gasteiger partial charge >= 0.3 is 11.7 Å². The number of fused-ring (bicyclic) bond motifs is 1. The average molecular weight is 528 g/mol. The van der Waals surface area contributed by atoms with Gasteiger partial charge in [0.2, 0.25) is 5.89 Å². The quantitative estimate of drug-likeness (QED) is 0.303. The minimum Gasteiger partial charge on any atom is -0.481 e. The molecule has 0 saturated heterocycles. The number of aryl methyl sites for hydroxylation is 1. The van der Waals surface area contributed by atoms with Crippen LogP contribution in [0, 0.1) is 12.8 Å². The predicted octanol–water partition coefficient (Wildman–Crippen LogP) is 3.44. The molecule has 11 heteroatoms. The van der Waals surface area contributed by atoms with Crippen LogP contribution in [-0.2, 0) is 22.6 Å². The van der Waals surface area contributed by atoms with Crippen molar-refractivity contribution in [2.45, 2.75) is 52.5 Å². The highest BCUT2D eigenvalue weighted by atomic mass is 32.1. The summed E-state index contributed by atoms with van der Waals surface area (Å²) in [5.41, 5.74) is 0.0417. The number of aromatic nitrogens is 3. The smallest absolute Gasteiger partial charge is 0.332 e. The molecule has 3 atom stereocenters. The van der Waals surface area contributed by atoms with Crippen molar-refractivity contribution in [3.05, 3.63) is 74.1 Å². The Morgan fingerprint density at radius 2 is 1.92 bits per heavy atom. The van der Waals surface area contributed by atoms with Gasteiger partial charge in [0.05, 0.1) is 42.3 Å². The highest BCUT2D eigenvalue weighted by Gasteiger charge is 2.27. The van der Waals surface area contributed by atoms with Crippen molar-refractivity contribution < 1.29 is 24.2 Å². The fraction of sp³-hybridized carbons (Fsp3) is 0.385. The summed E-state index contributed by atoms with van der Waals surface area (Å²) in [4.78, 5) is 44.3. The topological polar surface area (TPSA) is 137 Å². The van der Waals surface area contributed by atoms with Crippen LogP contribution in [0.1, 0.15) is 36.8 Å². The van der Waals surface area contributed by atoms with E-state index in [2.05, 4.69) is 4.98 Å². The molecule has 1 aromatic carbocycles. The molecule has 10 nitrogen and oxygen atoms in total. The molecule has 4 rings (SSSR count). The van der Waals surface area contributed by atoms with Crippen molar-refractivity contribution in [2.24, 2.45) is 5.92 Å². The molecule has 0 aliphatic heterocycles. The maximum absolute atomic E-state index is 13.8. The lowest BCUT2D eigenvalue weighted by atomic mass is 10.1. The fourth-order valence-electron chi connectivity index (χ4n) is 4.21. The molecule has 0 saturated carbocycles. The Hall–Kier alpha value is -3.54. The first-order chi connectivity index (χ1) is 17.8. The van der Waals surface area contributed by atoms with E-state index < -0.39 is 35.3 Å². The zero-order chi connectivity index (χ0) is 26.7. The number of thiophene rings is 1. The summed E-state index contributed by atoms with van der Waals surface area (Å²) in [5.74, 6) is -1.85. The Kier molecular flexibility index (Phi) is 8.06. The van der Waals surface area contributed by atoms with Gasteiger partial charge in [0, 0.05) is 11.4 Å². The van der Waals surface area contributed by atoms with E-state index in [-0.39, 0.29) is 31.0 Å². The lowest BCUT2D eigenvalue weighted by Gasteiger charge is -2.25. The van der Waals surface area contributed by atoms with E-state index in [0.29, 0.717) is 16.8 Å². The predicted molar refractivity (Wildman–Crippen MR) is 139 cm³/mol. The third kappa shape index (κ3) is 5.29. The monoisotopic (exact) mass is 527 g/mol. The first-order valence-electron chi connectivity index (χ1n) is 12.0. The highest BCUT2D eigenvalue weighted by molar-refractivity contribution is 7.19. The molecule has 3 aromatic heterocycles. The number of carbonyl (C=O) groups is 1. The Morgan fingerprint density at radius 3 is 2.51 bits per heavy atom. The summed E-state index contributed by atoms with van der Waals surface area (Å²) in [7, 11) is 0. The number of benzene rings is 1. The largest absolute Gasteiger partial charge is 0.481 e. The lowest BCUT2D eigenvalue weighted by Crippen LogP contribution is -2.42. The third-order valence-electron chi connectivity index (χ3n) is 6.29. The Balaban J connectivity index is 1.96. The Morgan fingerprint density at radius 1 is 1.19 bits per heavy atom. The molecule has 4 aromatic rings. The van der Waals surface area contributed by atoms with Gasteiger partial charge in [0.15, 0.2) is 0 Å². The molecule has 0 amide bonds. The van der Waals surface area contributed by atoms with Gasteiger partial charge in [-0.1, -0.05) is 44.2 Å². The number of hydrogen-bond donors (Lipinski definition) is 2. The Labute approximate surface area is 216 Å². The zero-order valence-corrected chi connectivity index (χ0v) is 21.6. The third-order valence-corrected chi connectivity index (χ3v) is 7.42. The van der Waals surface area contributed by atoms with Gasteiger partial charge in [0.25, 0.3) is 5.56 Å². The van der Waals surface area contributed by atoms with E-state index in [9.17, 15) is 24.6 Å². The van der Waals surface area contributed by atoms with Crippen LogP contribution in [0.15, 0.2) is 56.8 Å². The Bertz CT molecular complexity index is 1480. The molecular formula is C26H29N3O7S. The number of carboxylic acid groups (broad SMARTS) is 1. The van der Waals surface area contributed by atoms with E-state index in [0.717, 1.165) is 15.0 Å². The molecule has 3 heterocycles. The highest BCUT2D eigenvalue weighted by Crippen LogP contribution is 2.36. The van der Waals surface area contributed by atoms with Crippen LogP contribution in [-0.4, -0.2) is 43.0 Å². The molecule has 0 spiro atoms. The standard InChI is InChI=1S/C26H29N3O7S/c1-4-18(14-30)36-19(17-8-6-5-7-9-17)13-29-24-21(20(16(3)37-24)22-27-10-11-35-22)23(31)28(26(29)34)12-15(2)25(32)33/h5-11,15,18-19,30H,4,12-14H2,1-3H3,(H,32,33)/t15?,18-,19-/m0/s1. The van der Waals surface area contributed by atoms with Gasteiger partial charge in [-0.3, -0.25) is 18.7 Å². The molecule has 2 N–H and O–H groups in total. The molecule has 0 bridgehead atoms. The van der Waals surface area contributed by atoms with Crippen LogP contribution < -0.4 is 11.2 Å². The summed E-state index contributed by atoms with van der Waals surface area (Å²) in [6, 6.07) is 9.33. The van der Waals surface area contributed by atoms with Gasteiger partial charge in [0.1, 0.15) is 17.2 Å². The second-order valence-electron chi connectivity index (χ2n) is 8.85. The summed E-state index contributed by atoms with van der Waals surface area (Å²) < 4.78 is 14.1. The number of ether oxygens (including phenoxy) is 1. The fourth-order valence-corrected chi connectivity index (χ4v) is 5.35. The second-order valence-corrected chi connectivity index (χ2v) is 10.1. The van der Waals surface area contributed by atoms with E-state index >= 15 is 0 Å². The first-order valence-corrected chi connectivity index (χ1v) is 12.8. The minimum absolute atomic E-state index is 0.0442. The SMILES string of the molecule is CC[C@@H](CO)O[C@@H](Cn1c(=O)n(CC(C)C(=O)O)c(=O)c2c(-c3ncco3)c(C)sc21)c1ccccc1. The average Bonchev–Trinajstić information content (AvgIpc) is 3.54. The van der Waals surface area contributed by atoms with Crippen molar-refractivity contribution >= 4 is 27.5 Å². The van der Waals surface area contributed by atoms with Gasteiger partial charge in [-0.05, 0) is 18.9 Å². The maximum Gasteiger partial charge on any atom is 0.332 e. The number of aliphatic hydroxyl groups excluding tert-OH is 1. The molecule has 0 aliphatic carbocycles. The first kappa shape index (κ1) is 26.5. The zero-order valence-electron chi connectivity index (χ0n) is 20.8. The van der Waals surface area contributed by atoms with Crippen molar-refractivity contribution in [2.75, 3.05) is 6.61 Å². The van der Waals surface area contributed by atoms with Crippen LogP contribution in [0.25, 0.3) is 21.7 Å². The van der Waals surface area contributed by atoms with Crippen molar-refractivity contribution in [3.8, 4) is 11.5 Å². The summed E-state index contributed by atoms with van der Waals surface area (Å²) in [5, 5.41) is 19.5. The van der Waals surface area contributed by atoms with Crippen molar-refractivity contribution in [1.82, 2.24) is 14.1 Å².